The zero-order valence-electron chi connectivity index (χ0n) is 10.4. The van der Waals surface area contributed by atoms with Crippen LogP contribution in [0.3, 0.4) is 0 Å². The van der Waals surface area contributed by atoms with Gasteiger partial charge in [0.25, 0.3) is 0 Å². The molecule has 0 amide bonds. The molecule has 2 rings (SSSR count). The van der Waals surface area contributed by atoms with E-state index in [9.17, 15) is 9.90 Å². The van der Waals surface area contributed by atoms with Crippen LogP contribution >= 0.6 is 0 Å². The Morgan fingerprint density at radius 2 is 2.06 bits per heavy atom. The third kappa shape index (κ3) is 2.58. The first-order chi connectivity index (χ1) is 8.15. The van der Waals surface area contributed by atoms with Gasteiger partial charge in [0, 0.05) is 5.56 Å². The van der Waals surface area contributed by atoms with Crippen molar-refractivity contribution in [3.8, 4) is 0 Å². The van der Waals surface area contributed by atoms with Gasteiger partial charge in [0.05, 0.1) is 0 Å². The molecule has 0 radical (unpaired) electrons. The molecule has 1 aliphatic carbocycles. The highest BCUT2D eigenvalue weighted by molar-refractivity contribution is 6.02. The molecule has 1 N–H and O–H groups in total. The molecule has 0 atom stereocenters. The Balaban J connectivity index is 2.21. The van der Waals surface area contributed by atoms with Crippen molar-refractivity contribution in [1.82, 2.24) is 0 Å². The molecule has 0 unspecified atom stereocenters. The SMILES string of the molecule is CCCc1cccc(C(=O)C2(O)CCCC2)c1. The lowest BCUT2D eigenvalue weighted by Crippen LogP contribution is -2.35. The van der Waals surface area contributed by atoms with E-state index in [0.717, 1.165) is 25.7 Å². The van der Waals surface area contributed by atoms with Crippen LogP contribution in [0.5, 0.6) is 0 Å². The minimum absolute atomic E-state index is 0.0899. The lowest BCUT2D eigenvalue weighted by molar-refractivity contribution is 0.0353. The summed E-state index contributed by atoms with van der Waals surface area (Å²) >= 11 is 0. The zero-order valence-corrected chi connectivity index (χ0v) is 10.4. The fraction of sp³-hybridized carbons (Fsp3) is 0.533. The van der Waals surface area contributed by atoms with Crippen LogP contribution in [0.15, 0.2) is 24.3 Å². The number of benzene rings is 1. The Morgan fingerprint density at radius 3 is 2.71 bits per heavy atom. The molecule has 0 saturated heterocycles. The Bertz CT molecular complexity index is 403. The van der Waals surface area contributed by atoms with Crippen molar-refractivity contribution in [2.24, 2.45) is 0 Å². The lowest BCUT2D eigenvalue weighted by atomic mass is 9.90. The van der Waals surface area contributed by atoms with Crippen LogP contribution in [0.2, 0.25) is 0 Å². The second-order valence-electron chi connectivity index (χ2n) is 5.02. The average Bonchev–Trinajstić information content (AvgIpc) is 2.77. The summed E-state index contributed by atoms with van der Waals surface area (Å²) < 4.78 is 0. The predicted octanol–water partition coefficient (Wildman–Crippen LogP) is 3.13. The maximum absolute atomic E-state index is 12.3. The van der Waals surface area contributed by atoms with Crippen LogP contribution in [0.4, 0.5) is 0 Å². The van der Waals surface area contributed by atoms with Gasteiger partial charge in [0.1, 0.15) is 5.60 Å². The number of Topliss-reactive ketones (excluding diaryl/α,β-unsaturated/α-hetero) is 1. The van der Waals surface area contributed by atoms with Gasteiger partial charge in [-0.15, -0.1) is 0 Å². The number of rotatable bonds is 4. The zero-order chi connectivity index (χ0) is 12.3. The van der Waals surface area contributed by atoms with Crippen molar-refractivity contribution in [2.45, 2.75) is 51.0 Å². The van der Waals surface area contributed by atoms with Crippen molar-refractivity contribution in [2.75, 3.05) is 0 Å². The molecule has 2 heteroatoms. The lowest BCUT2D eigenvalue weighted by Gasteiger charge is -2.20. The highest BCUT2D eigenvalue weighted by Gasteiger charge is 2.39. The monoisotopic (exact) mass is 232 g/mol. The maximum atomic E-state index is 12.3. The van der Waals surface area contributed by atoms with Gasteiger partial charge in [-0.05, 0) is 43.7 Å². The molecule has 1 aliphatic rings. The van der Waals surface area contributed by atoms with E-state index in [0.29, 0.717) is 18.4 Å². The van der Waals surface area contributed by atoms with Crippen molar-refractivity contribution in [1.29, 1.82) is 0 Å². The van der Waals surface area contributed by atoms with Gasteiger partial charge < -0.3 is 5.11 Å². The van der Waals surface area contributed by atoms with Gasteiger partial charge in [-0.2, -0.15) is 0 Å². The van der Waals surface area contributed by atoms with E-state index in [2.05, 4.69) is 6.92 Å². The van der Waals surface area contributed by atoms with E-state index >= 15 is 0 Å². The van der Waals surface area contributed by atoms with Gasteiger partial charge >= 0.3 is 0 Å². The fourth-order valence-electron chi connectivity index (χ4n) is 2.61. The number of ketones is 1. The van der Waals surface area contributed by atoms with Gasteiger partial charge in [0.15, 0.2) is 5.78 Å². The van der Waals surface area contributed by atoms with Crippen LogP contribution in [-0.2, 0) is 6.42 Å². The summed E-state index contributed by atoms with van der Waals surface area (Å²) in [7, 11) is 0. The van der Waals surface area contributed by atoms with Crippen molar-refractivity contribution in [3.63, 3.8) is 0 Å². The van der Waals surface area contributed by atoms with E-state index in [-0.39, 0.29) is 5.78 Å². The topological polar surface area (TPSA) is 37.3 Å². The van der Waals surface area contributed by atoms with Gasteiger partial charge in [-0.25, -0.2) is 0 Å². The highest BCUT2D eigenvalue weighted by atomic mass is 16.3. The molecule has 1 aromatic carbocycles. The van der Waals surface area contributed by atoms with Crippen molar-refractivity contribution >= 4 is 5.78 Å². The fourth-order valence-corrected chi connectivity index (χ4v) is 2.61. The smallest absolute Gasteiger partial charge is 0.194 e. The molecule has 0 aliphatic heterocycles. The second kappa shape index (κ2) is 5.01. The quantitative estimate of drug-likeness (QED) is 0.810. The molecule has 17 heavy (non-hydrogen) atoms. The molecule has 92 valence electrons. The molecule has 1 saturated carbocycles. The van der Waals surface area contributed by atoms with Crippen molar-refractivity contribution < 1.29 is 9.90 Å². The van der Waals surface area contributed by atoms with Crippen LogP contribution < -0.4 is 0 Å². The molecule has 1 aromatic rings. The van der Waals surface area contributed by atoms with E-state index in [1.807, 2.05) is 24.3 Å². The van der Waals surface area contributed by atoms with Gasteiger partial charge in [-0.1, -0.05) is 31.5 Å². The van der Waals surface area contributed by atoms with E-state index in [1.54, 1.807) is 0 Å². The third-order valence-corrected chi connectivity index (χ3v) is 3.58. The molecule has 0 heterocycles. The van der Waals surface area contributed by atoms with Gasteiger partial charge in [-0.3, -0.25) is 4.79 Å². The summed E-state index contributed by atoms with van der Waals surface area (Å²) in [5, 5.41) is 10.3. The Morgan fingerprint density at radius 1 is 1.35 bits per heavy atom. The van der Waals surface area contributed by atoms with Crippen LogP contribution in [-0.4, -0.2) is 16.5 Å². The molecule has 0 bridgehead atoms. The number of hydrogen-bond acceptors (Lipinski definition) is 2. The molecular weight excluding hydrogens is 212 g/mol. The third-order valence-electron chi connectivity index (χ3n) is 3.58. The number of hydrogen-bond donors (Lipinski definition) is 1. The second-order valence-corrected chi connectivity index (χ2v) is 5.02. The molecular formula is C15H20O2. The highest BCUT2D eigenvalue weighted by Crippen LogP contribution is 2.32. The number of aryl methyl sites for hydroxylation is 1. The summed E-state index contributed by atoms with van der Waals surface area (Å²) in [5.74, 6) is -0.0899. The largest absolute Gasteiger partial charge is 0.382 e. The maximum Gasteiger partial charge on any atom is 0.194 e. The first kappa shape index (κ1) is 12.3. The standard InChI is InChI=1S/C15H20O2/c1-2-6-12-7-5-8-13(11-12)14(16)15(17)9-3-4-10-15/h5,7-8,11,17H,2-4,6,9-10H2,1H3. The van der Waals surface area contributed by atoms with E-state index < -0.39 is 5.60 Å². The number of carbonyl (C=O) groups excluding carboxylic acids is 1. The normalized spacial score (nSPS) is 18.2. The van der Waals surface area contributed by atoms with E-state index in [4.69, 9.17) is 0 Å². The number of carbonyl (C=O) groups is 1. The molecule has 2 nitrogen and oxygen atoms in total. The summed E-state index contributed by atoms with van der Waals surface area (Å²) in [6.45, 7) is 2.12. The molecule has 0 spiro atoms. The Kier molecular flexibility index (Phi) is 3.63. The van der Waals surface area contributed by atoms with Gasteiger partial charge in [0.2, 0.25) is 0 Å². The van der Waals surface area contributed by atoms with Crippen LogP contribution in [0, 0.1) is 0 Å². The van der Waals surface area contributed by atoms with Crippen molar-refractivity contribution in [3.05, 3.63) is 35.4 Å². The van der Waals surface area contributed by atoms with Crippen LogP contribution in [0.25, 0.3) is 0 Å². The molecule has 1 fully saturated rings. The summed E-state index contributed by atoms with van der Waals surface area (Å²) in [5.41, 5.74) is 0.755. The Labute approximate surface area is 103 Å². The minimum atomic E-state index is -1.09. The predicted molar refractivity (Wildman–Crippen MR) is 68.2 cm³/mol. The first-order valence-electron chi connectivity index (χ1n) is 6.52. The van der Waals surface area contributed by atoms with Crippen LogP contribution in [0.1, 0.15) is 54.9 Å². The summed E-state index contributed by atoms with van der Waals surface area (Å²) in [6, 6.07) is 7.70. The average molecular weight is 232 g/mol. The summed E-state index contributed by atoms with van der Waals surface area (Å²) in [6.07, 6.45) is 5.20. The number of aliphatic hydroxyl groups is 1. The summed E-state index contributed by atoms with van der Waals surface area (Å²) in [4.78, 5) is 12.3. The molecule has 0 aromatic heterocycles. The minimum Gasteiger partial charge on any atom is -0.382 e. The van der Waals surface area contributed by atoms with E-state index in [1.165, 1.54) is 5.56 Å². The first-order valence-corrected chi connectivity index (χ1v) is 6.52. The Hall–Kier alpha value is -1.15.